The molecule has 1 aliphatic rings. The molecular weight excluding hydrogens is 204 g/mol. The van der Waals surface area contributed by atoms with Gasteiger partial charge >= 0.3 is 5.97 Å². The zero-order valence-corrected chi connectivity index (χ0v) is 9.56. The first-order chi connectivity index (χ1) is 7.60. The number of hydrogen-bond donors (Lipinski definition) is 1. The maximum absolute atomic E-state index is 11.4. The van der Waals surface area contributed by atoms with Crippen molar-refractivity contribution in [2.75, 3.05) is 7.11 Å². The number of methoxy groups -OCH3 is 1. The van der Waals surface area contributed by atoms with Crippen LogP contribution < -0.4 is 0 Å². The van der Waals surface area contributed by atoms with E-state index < -0.39 is 17.5 Å². The van der Waals surface area contributed by atoms with E-state index in [0.717, 1.165) is 18.4 Å². The van der Waals surface area contributed by atoms with Gasteiger partial charge in [0.05, 0.1) is 7.11 Å². The molecule has 0 heterocycles. The lowest BCUT2D eigenvalue weighted by Crippen LogP contribution is -2.34. The van der Waals surface area contributed by atoms with Gasteiger partial charge in [-0.25, -0.2) is 4.79 Å². The van der Waals surface area contributed by atoms with E-state index in [-0.39, 0.29) is 0 Å². The molecule has 1 atom stereocenters. The summed E-state index contributed by atoms with van der Waals surface area (Å²) in [5.74, 6) is -0.543. The van der Waals surface area contributed by atoms with Crippen molar-refractivity contribution in [3.63, 3.8) is 0 Å². The minimum absolute atomic E-state index is 0.402. The average Bonchev–Trinajstić information content (AvgIpc) is 3.09. The number of rotatable bonds is 3. The summed E-state index contributed by atoms with van der Waals surface area (Å²) in [6, 6.07) is 7.96. The zero-order chi connectivity index (χ0) is 11.8. The van der Waals surface area contributed by atoms with Crippen LogP contribution in [0.3, 0.4) is 0 Å². The van der Waals surface area contributed by atoms with Gasteiger partial charge in [-0.3, -0.25) is 0 Å². The van der Waals surface area contributed by atoms with Gasteiger partial charge in [-0.1, -0.05) is 29.8 Å². The molecule has 0 bridgehead atoms. The summed E-state index contributed by atoms with van der Waals surface area (Å²) in [5.41, 5.74) is 1.80. The Balaban J connectivity index is 2.26. The van der Waals surface area contributed by atoms with Gasteiger partial charge in [0.15, 0.2) is 6.10 Å². The first-order valence-electron chi connectivity index (χ1n) is 5.43. The summed E-state index contributed by atoms with van der Waals surface area (Å²) >= 11 is 0. The number of hydrogen-bond acceptors (Lipinski definition) is 3. The average molecular weight is 220 g/mol. The molecular formula is C13H16O3. The monoisotopic (exact) mass is 220 g/mol. The van der Waals surface area contributed by atoms with Crippen LogP contribution in [-0.4, -0.2) is 24.3 Å². The highest BCUT2D eigenvalue weighted by molar-refractivity contribution is 5.77. The van der Waals surface area contributed by atoms with Crippen molar-refractivity contribution in [1.82, 2.24) is 0 Å². The molecule has 0 aromatic heterocycles. The van der Waals surface area contributed by atoms with E-state index in [4.69, 9.17) is 0 Å². The van der Waals surface area contributed by atoms with E-state index in [1.165, 1.54) is 12.7 Å². The van der Waals surface area contributed by atoms with Crippen LogP contribution in [0.5, 0.6) is 0 Å². The molecule has 1 saturated carbocycles. The van der Waals surface area contributed by atoms with Crippen LogP contribution in [0.1, 0.15) is 24.0 Å². The Kier molecular flexibility index (Phi) is 2.72. The number of aliphatic hydroxyl groups excluding tert-OH is 1. The Morgan fingerprint density at radius 2 is 1.94 bits per heavy atom. The van der Waals surface area contributed by atoms with Crippen LogP contribution in [-0.2, 0) is 14.9 Å². The lowest BCUT2D eigenvalue weighted by atomic mass is 9.89. The van der Waals surface area contributed by atoms with E-state index >= 15 is 0 Å². The maximum atomic E-state index is 11.4. The molecule has 0 amide bonds. The number of benzene rings is 1. The van der Waals surface area contributed by atoms with Crippen molar-refractivity contribution >= 4 is 5.97 Å². The number of ether oxygens (including phenoxy) is 1. The van der Waals surface area contributed by atoms with Crippen molar-refractivity contribution in [3.8, 4) is 0 Å². The first-order valence-corrected chi connectivity index (χ1v) is 5.43. The third kappa shape index (κ3) is 1.71. The van der Waals surface area contributed by atoms with Crippen molar-refractivity contribution in [1.29, 1.82) is 0 Å². The van der Waals surface area contributed by atoms with Crippen LogP contribution in [0.15, 0.2) is 24.3 Å². The fraction of sp³-hybridized carbons (Fsp3) is 0.462. The van der Waals surface area contributed by atoms with Gasteiger partial charge in [0.1, 0.15) is 0 Å². The number of esters is 1. The van der Waals surface area contributed by atoms with Gasteiger partial charge < -0.3 is 9.84 Å². The van der Waals surface area contributed by atoms with Gasteiger partial charge in [-0.15, -0.1) is 0 Å². The fourth-order valence-electron chi connectivity index (χ4n) is 2.08. The minimum Gasteiger partial charge on any atom is -0.467 e. The number of aliphatic hydroxyl groups is 1. The quantitative estimate of drug-likeness (QED) is 0.786. The summed E-state index contributed by atoms with van der Waals surface area (Å²) in [4.78, 5) is 11.4. The van der Waals surface area contributed by atoms with E-state index in [2.05, 4.69) is 4.74 Å². The molecule has 3 nitrogen and oxygen atoms in total. The molecule has 0 saturated heterocycles. The highest BCUT2D eigenvalue weighted by Crippen LogP contribution is 2.51. The molecule has 3 heteroatoms. The van der Waals surface area contributed by atoms with E-state index in [1.54, 1.807) is 0 Å². The Labute approximate surface area is 95.0 Å². The van der Waals surface area contributed by atoms with Crippen LogP contribution >= 0.6 is 0 Å². The summed E-state index contributed by atoms with van der Waals surface area (Å²) < 4.78 is 4.59. The second kappa shape index (κ2) is 3.91. The van der Waals surface area contributed by atoms with Gasteiger partial charge in [-0.05, 0) is 25.3 Å². The van der Waals surface area contributed by atoms with Crippen molar-refractivity contribution in [3.05, 3.63) is 35.4 Å². The summed E-state index contributed by atoms with van der Waals surface area (Å²) in [6.45, 7) is 2.01. The molecule has 1 N–H and O–H groups in total. The number of aryl methyl sites for hydroxylation is 1. The highest BCUT2D eigenvalue weighted by Gasteiger charge is 2.53. The zero-order valence-electron chi connectivity index (χ0n) is 9.56. The Hall–Kier alpha value is -1.35. The van der Waals surface area contributed by atoms with Crippen LogP contribution in [0.2, 0.25) is 0 Å². The molecule has 2 rings (SSSR count). The SMILES string of the molecule is COC(=O)C(O)C1(c2ccc(C)cc2)CC1. The van der Waals surface area contributed by atoms with Crippen molar-refractivity contribution in [2.24, 2.45) is 0 Å². The van der Waals surface area contributed by atoms with Crippen LogP contribution in [0, 0.1) is 6.92 Å². The molecule has 1 unspecified atom stereocenters. The Morgan fingerprint density at radius 3 is 2.38 bits per heavy atom. The van der Waals surface area contributed by atoms with Crippen LogP contribution in [0.4, 0.5) is 0 Å². The molecule has 1 fully saturated rings. The molecule has 0 aliphatic heterocycles. The lowest BCUT2D eigenvalue weighted by Gasteiger charge is -2.20. The molecule has 1 aromatic rings. The first kappa shape index (κ1) is 11.1. The molecule has 16 heavy (non-hydrogen) atoms. The lowest BCUT2D eigenvalue weighted by molar-refractivity contribution is -0.152. The topological polar surface area (TPSA) is 46.5 Å². The van der Waals surface area contributed by atoms with Crippen LogP contribution in [0.25, 0.3) is 0 Å². The smallest absolute Gasteiger partial charge is 0.335 e. The summed E-state index contributed by atoms with van der Waals surface area (Å²) in [6.07, 6.45) is 0.638. The van der Waals surface area contributed by atoms with E-state index in [0.29, 0.717) is 0 Å². The second-order valence-corrected chi connectivity index (χ2v) is 4.45. The minimum atomic E-state index is -1.04. The van der Waals surface area contributed by atoms with E-state index in [9.17, 15) is 9.90 Å². The predicted molar refractivity (Wildman–Crippen MR) is 60.1 cm³/mol. The number of carbonyl (C=O) groups is 1. The third-order valence-electron chi connectivity index (χ3n) is 3.36. The largest absolute Gasteiger partial charge is 0.467 e. The Morgan fingerprint density at radius 1 is 1.38 bits per heavy atom. The standard InChI is InChI=1S/C13H16O3/c1-9-3-5-10(6-4-9)13(7-8-13)11(14)12(15)16-2/h3-6,11,14H,7-8H2,1-2H3. The van der Waals surface area contributed by atoms with Crippen molar-refractivity contribution in [2.45, 2.75) is 31.3 Å². The third-order valence-corrected chi connectivity index (χ3v) is 3.36. The van der Waals surface area contributed by atoms with Gasteiger partial charge in [-0.2, -0.15) is 0 Å². The maximum Gasteiger partial charge on any atom is 0.335 e. The molecule has 0 radical (unpaired) electrons. The second-order valence-electron chi connectivity index (χ2n) is 4.45. The van der Waals surface area contributed by atoms with Crippen molar-refractivity contribution < 1.29 is 14.6 Å². The molecule has 0 spiro atoms. The fourth-order valence-corrected chi connectivity index (χ4v) is 2.08. The van der Waals surface area contributed by atoms with E-state index in [1.807, 2.05) is 31.2 Å². The summed E-state index contributed by atoms with van der Waals surface area (Å²) in [5, 5.41) is 9.96. The van der Waals surface area contributed by atoms with Gasteiger partial charge in [0.2, 0.25) is 0 Å². The van der Waals surface area contributed by atoms with Gasteiger partial charge in [0, 0.05) is 5.41 Å². The predicted octanol–water partition coefficient (Wildman–Crippen LogP) is 1.56. The molecule has 1 aromatic carbocycles. The molecule has 1 aliphatic carbocycles. The summed E-state index contributed by atoms with van der Waals surface area (Å²) in [7, 11) is 1.30. The van der Waals surface area contributed by atoms with Gasteiger partial charge in [0.25, 0.3) is 0 Å². The molecule has 86 valence electrons. The highest BCUT2D eigenvalue weighted by atomic mass is 16.5. The number of carbonyl (C=O) groups excluding carboxylic acids is 1. The Bertz CT molecular complexity index is 390. The normalized spacial score (nSPS) is 18.9.